The summed E-state index contributed by atoms with van der Waals surface area (Å²) in [6, 6.07) is 0. The van der Waals surface area contributed by atoms with Gasteiger partial charge < -0.3 is 20.7 Å². The number of guanidine groups is 1. The summed E-state index contributed by atoms with van der Waals surface area (Å²) in [5, 5.41) is 3.47. The second-order valence-electron chi connectivity index (χ2n) is 8.26. The first-order chi connectivity index (χ1) is 12.2. The van der Waals surface area contributed by atoms with E-state index in [4.69, 9.17) is 10.5 Å². The lowest BCUT2D eigenvalue weighted by atomic mass is 10.0. The Labute approximate surface area is 157 Å². The second kappa shape index (κ2) is 8.54. The fourth-order valence-corrected chi connectivity index (χ4v) is 3.60. The van der Waals surface area contributed by atoms with Gasteiger partial charge in [-0.25, -0.2) is 0 Å². The third-order valence-electron chi connectivity index (χ3n) is 5.40. The van der Waals surface area contributed by atoms with E-state index in [1.54, 1.807) is 0 Å². The second-order valence-corrected chi connectivity index (χ2v) is 8.26. The minimum Gasteiger partial charge on any atom is -0.373 e. The summed E-state index contributed by atoms with van der Waals surface area (Å²) in [4.78, 5) is 22.9. The number of hydrogen-bond donors (Lipinski definition) is 2. The average molecular weight is 369 g/mol. The van der Waals surface area contributed by atoms with Gasteiger partial charge in [0.2, 0.25) is 5.91 Å². The van der Waals surface area contributed by atoms with Crippen molar-refractivity contribution in [3.63, 3.8) is 0 Å². The Balaban J connectivity index is 1.77. The lowest BCUT2D eigenvalue weighted by Crippen LogP contribution is -2.61. The number of carbonyl (C=O) groups is 1. The molecule has 8 heteroatoms. The number of amides is 1. The zero-order valence-corrected chi connectivity index (χ0v) is 17.0. The van der Waals surface area contributed by atoms with Gasteiger partial charge in [-0.15, -0.1) is 0 Å². The topological polar surface area (TPSA) is 86.4 Å². The third kappa shape index (κ3) is 5.31. The van der Waals surface area contributed by atoms with Crippen molar-refractivity contribution >= 4 is 11.9 Å². The molecule has 0 aliphatic carbocycles. The summed E-state index contributed by atoms with van der Waals surface area (Å²) in [7, 11) is 1.82. The van der Waals surface area contributed by atoms with Crippen LogP contribution in [-0.4, -0.2) is 104 Å². The summed E-state index contributed by atoms with van der Waals surface area (Å²) in [5.74, 6) is 0.649. The number of nitrogens with two attached hydrogens (primary N) is 1. The van der Waals surface area contributed by atoms with Gasteiger partial charge >= 0.3 is 0 Å². The molecular weight excluding hydrogens is 332 g/mol. The number of morpholine rings is 1. The van der Waals surface area contributed by atoms with E-state index < -0.39 is 5.54 Å². The molecule has 2 fully saturated rings. The molecule has 8 nitrogen and oxygen atoms in total. The fourth-order valence-electron chi connectivity index (χ4n) is 3.60. The van der Waals surface area contributed by atoms with Crippen molar-refractivity contribution < 1.29 is 9.53 Å². The van der Waals surface area contributed by atoms with Crippen molar-refractivity contribution in [2.45, 2.75) is 38.8 Å². The molecule has 0 spiro atoms. The van der Waals surface area contributed by atoms with E-state index >= 15 is 0 Å². The zero-order chi connectivity index (χ0) is 19.4. The molecular formula is C18H36N6O2. The zero-order valence-electron chi connectivity index (χ0n) is 17.0. The predicted molar refractivity (Wildman–Crippen MR) is 104 cm³/mol. The van der Waals surface area contributed by atoms with E-state index in [0.717, 1.165) is 64.9 Å². The van der Waals surface area contributed by atoms with Crippen LogP contribution in [-0.2, 0) is 9.53 Å². The molecule has 2 rings (SSSR count). The molecule has 0 atom stereocenters. The van der Waals surface area contributed by atoms with Crippen LogP contribution in [0.3, 0.4) is 0 Å². The number of primary amides is 1. The quantitative estimate of drug-likeness (QED) is 0.505. The molecule has 0 unspecified atom stereocenters. The Morgan fingerprint density at radius 3 is 2.42 bits per heavy atom. The van der Waals surface area contributed by atoms with E-state index in [1.807, 2.05) is 20.9 Å². The number of rotatable bonds is 5. The maximum Gasteiger partial charge on any atom is 0.237 e. The fraction of sp³-hybridized carbons (Fsp3) is 0.889. The summed E-state index contributed by atoms with van der Waals surface area (Å²) in [6.07, 6.45) is 0. The van der Waals surface area contributed by atoms with E-state index in [9.17, 15) is 4.79 Å². The average Bonchev–Trinajstić information content (AvgIpc) is 2.58. The lowest BCUT2D eigenvalue weighted by molar-refractivity contribution is -0.129. The van der Waals surface area contributed by atoms with Crippen LogP contribution in [0.4, 0.5) is 0 Å². The maximum absolute atomic E-state index is 11.6. The van der Waals surface area contributed by atoms with Gasteiger partial charge in [0.1, 0.15) is 0 Å². The summed E-state index contributed by atoms with van der Waals surface area (Å²) in [5.41, 5.74) is 4.86. The van der Waals surface area contributed by atoms with Gasteiger partial charge in [0, 0.05) is 59.4 Å². The molecule has 3 N–H and O–H groups in total. The molecule has 2 aliphatic heterocycles. The highest BCUT2D eigenvalue weighted by Gasteiger charge is 2.35. The molecule has 1 amide bonds. The molecule has 2 aliphatic rings. The van der Waals surface area contributed by atoms with Crippen LogP contribution < -0.4 is 11.1 Å². The molecule has 0 bridgehead atoms. The molecule has 2 heterocycles. The first kappa shape index (κ1) is 20.9. The molecule has 2 saturated heterocycles. The van der Waals surface area contributed by atoms with Crippen molar-refractivity contribution in [2.24, 2.45) is 10.7 Å². The minimum atomic E-state index is -0.605. The van der Waals surface area contributed by atoms with Crippen LogP contribution in [0, 0.1) is 0 Å². The Morgan fingerprint density at radius 2 is 1.88 bits per heavy atom. The minimum absolute atomic E-state index is 0.0660. The van der Waals surface area contributed by atoms with Crippen molar-refractivity contribution in [2.75, 3.05) is 66.0 Å². The van der Waals surface area contributed by atoms with Crippen molar-refractivity contribution in [3.8, 4) is 0 Å². The van der Waals surface area contributed by atoms with E-state index in [0.29, 0.717) is 0 Å². The number of ether oxygens (including phenoxy) is 1. The van der Waals surface area contributed by atoms with E-state index in [2.05, 4.69) is 38.9 Å². The highest BCUT2D eigenvalue weighted by atomic mass is 16.5. The lowest BCUT2D eigenvalue weighted by Gasteiger charge is -2.43. The Bertz CT molecular complexity index is 512. The van der Waals surface area contributed by atoms with Crippen LogP contribution in [0.15, 0.2) is 4.99 Å². The summed E-state index contributed by atoms with van der Waals surface area (Å²) in [6.45, 7) is 15.9. The molecule has 0 radical (unpaired) electrons. The predicted octanol–water partition coefficient (Wildman–Crippen LogP) is -0.446. The van der Waals surface area contributed by atoms with Gasteiger partial charge in [-0.3, -0.25) is 19.6 Å². The molecule has 150 valence electrons. The molecule has 26 heavy (non-hydrogen) atoms. The Kier molecular flexibility index (Phi) is 6.87. The SMILES string of the molecule is CN=C(NCCN1CCOC(C)(C)C1)N1CCN(C(C)(C)C(N)=O)CC1. The van der Waals surface area contributed by atoms with Gasteiger partial charge in [0.15, 0.2) is 5.96 Å². The molecule has 0 aromatic heterocycles. The largest absolute Gasteiger partial charge is 0.373 e. The molecule has 0 aromatic rings. The highest BCUT2D eigenvalue weighted by Crippen LogP contribution is 2.17. The Morgan fingerprint density at radius 1 is 1.23 bits per heavy atom. The Hall–Kier alpha value is -1.38. The number of hydrogen-bond acceptors (Lipinski definition) is 5. The smallest absolute Gasteiger partial charge is 0.237 e. The van der Waals surface area contributed by atoms with Crippen LogP contribution in [0.25, 0.3) is 0 Å². The van der Waals surface area contributed by atoms with Crippen LogP contribution in [0.1, 0.15) is 27.7 Å². The standard InChI is InChI=1S/C18H36N6O2/c1-17(2)14-22(12-13-26-17)7-6-21-16(20-5)23-8-10-24(11-9-23)18(3,4)15(19)25/h6-14H2,1-5H3,(H2,19,25)(H,20,21). The van der Waals surface area contributed by atoms with Gasteiger partial charge in [-0.05, 0) is 27.7 Å². The van der Waals surface area contributed by atoms with Gasteiger partial charge in [-0.2, -0.15) is 0 Å². The van der Waals surface area contributed by atoms with Crippen molar-refractivity contribution in [1.29, 1.82) is 0 Å². The van der Waals surface area contributed by atoms with E-state index in [1.165, 1.54) is 0 Å². The van der Waals surface area contributed by atoms with Crippen molar-refractivity contribution in [3.05, 3.63) is 0 Å². The molecule has 0 saturated carbocycles. The normalized spacial score (nSPS) is 23.1. The van der Waals surface area contributed by atoms with Crippen LogP contribution in [0.5, 0.6) is 0 Å². The third-order valence-corrected chi connectivity index (χ3v) is 5.40. The highest BCUT2D eigenvalue weighted by molar-refractivity contribution is 5.84. The van der Waals surface area contributed by atoms with Gasteiger partial charge in [0.25, 0.3) is 0 Å². The van der Waals surface area contributed by atoms with Crippen molar-refractivity contribution in [1.82, 2.24) is 20.0 Å². The number of piperazine rings is 1. The number of nitrogens with zero attached hydrogens (tertiary/aromatic N) is 4. The number of aliphatic imine (C=N–C) groups is 1. The summed E-state index contributed by atoms with van der Waals surface area (Å²) < 4.78 is 5.76. The van der Waals surface area contributed by atoms with Gasteiger partial charge in [-0.1, -0.05) is 0 Å². The maximum atomic E-state index is 11.6. The monoisotopic (exact) mass is 368 g/mol. The number of carbonyl (C=O) groups excluding carboxylic acids is 1. The number of nitrogens with one attached hydrogen (secondary N) is 1. The first-order valence-electron chi connectivity index (χ1n) is 9.52. The molecule has 0 aromatic carbocycles. The van der Waals surface area contributed by atoms with E-state index in [-0.39, 0.29) is 11.5 Å². The van der Waals surface area contributed by atoms with Crippen LogP contribution in [0.2, 0.25) is 0 Å². The van der Waals surface area contributed by atoms with Crippen LogP contribution >= 0.6 is 0 Å². The first-order valence-corrected chi connectivity index (χ1v) is 9.52. The van der Waals surface area contributed by atoms with Gasteiger partial charge in [0.05, 0.1) is 17.7 Å². The summed E-state index contributed by atoms with van der Waals surface area (Å²) >= 11 is 0.